The van der Waals surface area contributed by atoms with E-state index in [1.807, 2.05) is 26.2 Å². The number of nitrogens with zero attached hydrogens (tertiary/aromatic N) is 6. The Labute approximate surface area is 198 Å². The highest BCUT2D eigenvalue weighted by molar-refractivity contribution is 7.19. The van der Waals surface area contributed by atoms with Crippen LogP contribution in [0, 0.1) is 11.4 Å². The van der Waals surface area contributed by atoms with Crippen LogP contribution in [0.1, 0.15) is 16.9 Å². The van der Waals surface area contributed by atoms with Gasteiger partial charge in [0.15, 0.2) is 6.54 Å². The van der Waals surface area contributed by atoms with Crippen LogP contribution in [0.4, 0.5) is 11.5 Å². The molecule has 174 valence electrons. The molecule has 0 spiro atoms. The molecule has 0 bridgehead atoms. The topological polar surface area (TPSA) is 146 Å². The summed E-state index contributed by atoms with van der Waals surface area (Å²) in [7, 11) is 3.62. The first-order chi connectivity index (χ1) is 16.5. The van der Waals surface area contributed by atoms with Crippen molar-refractivity contribution in [3.8, 4) is 5.75 Å². The minimum Gasteiger partial charge on any atom is -0.489 e. The first kappa shape index (κ1) is 21.9. The molecule has 3 heterocycles. The Kier molecular flexibility index (Phi) is 5.91. The number of hydrogen-bond acceptors (Lipinski definition) is 9. The maximum Gasteiger partial charge on any atom is 0.225 e. The van der Waals surface area contributed by atoms with E-state index in [9.17, 15) is 4.79 Å². The molecule has 3 aromatic heterocycles. The molecule has 5 rings (SSSR count). The van der Waals surface area contributed by atoms with Gasteiger partial charge in [-0.15, -0.1) is 11.3 Å². The van der Waals surface area contributed by atoms with Gasteiger partial charge >= 0.3 is 0 Å². The van der Waals surface area contributed by atoms with Crippen LogP contribution in [0.25, 0.3) is 21.1 Å². The summed E-state index contributed by atoms with van der Waals surface area (Å²) >= 11 is 1.64. The van der Waals surface area contributed by atoms with Crippen molar-refractivity contribution in [2.45, 2.75) is 19.3 Å². The molecule has 1 amide bonds. The molecule has 0 radical (unpaired) electrons. The summed E-state index contributed by atoms with van der Waals surface area (Å²) < 4.78 is 5.93. The fraction of sp³-hybridized carbons (Fsp3) is 0.364. The summed E-state index contributed by atoms with van der Waals surface area (Å²) in [6.45, 7) is 0.567. The van der Waals surface area contributed by atoms with E-state index >= 15 is 0 Å². The van der Waals surface area contributed by atoms with Crippen LogP contribution >= 0.6 is 11.3 Å². The number of hydrogen-bond donors (Lipinski definition) is 3. The molecule has 1 atom stereocenters. The van der Waals surface area contributed by atoms with Crippen molar-refractivity contribution in [2.75, 3.05) is 32.6 Å². The molecule has 1 aromatic carbocycles. The first-order valence-corrected chi connectivity index (χ1v) is 11.7. The number of carbonyl (C=O) groups excluding carboxylic acids is 1. The van der Waals surface area contributed by atoms with Crippen LogP contribution in [0.3, 0.4) is 0 Å². The van der Waals surface area contributed by atoms with Crippen molar-refractivity contribution in [3.05, 3.63) is 35.1 Å². The third kappa shape index (κ3) is 4.09. The molecule has 1 aliphatic rings. The largest absolute Gasteiger partial charge is 0.489 e. The number of amides is 1. The zero-order chi connectivity index (χ0) is 23.7. The Balaban J connectivity index is 1.50. The summed E-state index contributed by atoms with van der Waals surface area (Å²) in [5, 5.41) is 16.1. The molecule has 0 unspecified atom stereocenters. The molecular formula is C22H24N9O2S+. The average Bonchev–Trinajstić information content (AvgIpc) is 3.44. The summed E-state index contributed by atoms with van der Waals surface area (Å²) in [4.78, 5) is 28.4. The van der Waals surface area contributed by atoms with Gasteiger partial charge < -0.3 is 15.0 Å². The molecule has 4 aromatic rings. The predicted molar refractivity (Wildman–Crippen MR) is 129 cm³/mol. The number of nitrogens with one attached hydrogen (secondary N) is 3. The number of fused-ring (bicyclic) bond motifs is 4. The number of rotatable bonds is 7. The molecule has 0 saturated carbocycles. The average molecular weight is 479 g/mol. The fourth-order valence-corrected chi connectivity index (χ4v) is 5.61. The molecule has 3 N–H and O–H groups in total. The van der Waals surface area contributed by atoms with Crippen molar-refractivity contribution < 1.29 is 9.53 Å². The van der Waals surface area contributed by atoms with Gasteiger partial charge in [0, 0.05) is 36.3 Å². The molecule has 12 heteroatoms. The van der Waals surface area contributed by atoms with Gasteiger partial charge in [-0.1, -0.05) is 0 Å². The summed E-state index contributed by atoms with van der Waals surface area (Å²) in [6.07, 6.45) is 5.66. The van der Waals surface area contributed by atoms with E-state index in [2.05, 4.69) is 35.5 Å². The number of ether oxygens (including phenoxy) is 1. The van der Waals surface area contributed by atoms with Crippen LogP contribution in [0.2, 0.25) is 0 Å². The fourth-order valence-electron chi connectivity index (χ4n) is 4.34. The van der Waals surface area contributed by atoms with Crippen LogP contribution in [-0.2, 0) is 17.6 Å². The zero-order valence-corrected chi connectivity index (χ0v) is 19.6. The number of aryl methyl sites for hydroxylation is 1. The molecule has 1 aliphatic carbocycles. The molecule has 0 aliphatic heterocycles. The monoisotopic (exact) mass is 478 g/mol. The Bertz CT molecular complexity index is 1420. The zero-order valence-electron chi connectivity index (χ0n) is 18.8. The van der Waals surface area contributed by atoms with Crippen LogP contribution in [-0.4, -0.2) is 58.2 Å². The van der Waals surface area contributed by atoms with Gasteiger partial charge in [0.05, 0.1) is 22.8 Å². The lowest BCUT2D eigenvalue weighted by atomic mass is 9.87. The second-order valence-corrected chi connectivity index (χ2v) is 9.41. The normalized spacial score (nSPS) is 15.1. The molecule has 34 heavy (non-hydrogen) atoms. The second kappa shape index (κ2) is 9.16. The van der Waals surface area contributed by atoms with E-state index in [1.165, 1.54) is 10.4 Å². The van der Waals surface area contributed by atoms with Crippen LogP contribution in [0.15, 0.2) is 29.8 Å². The Morgan fingerprint density at radius 3 is 3.12 bits per heavy atom. The van der Waals surface area contributed by atoms with E-state index in [4.69, 9.17) is 10.3 Å². The van der Waals surface area contributed by atoms with E-state index in [1.54, 1.807) is 28.8 Å². The van der Waals surface area contributed by atoms with E-state index in [-0.39, 0.29) is 25.0 Å². The van der Waals surface area contributed by atoms with Crippen LogP contribution in [0.5, 0.6) is 5.75 Å². The molecule has 0 saturated heterocycles. The number of anilines is 2. The first-order valence-electron chi connectivity index (χ1n) is 10.9. The van der Waals surface area contributed by atoms with Crippen molar-refractivity contribution >= 4 is 49.9 Å². The number of carbonyl (C=O) groups is 1. The lowest BCUT2D eigenvalue weighted by Crippen LogP contribution is -2.32. The molecule has 11 nitrogen and oxygen atoms in total. The summed E-state index contributed by atoms with van der Waals surface area (Å²) in [5.74, 6) is 1.50. The van der Waals surface area contributed by atoms with Gasteiger partial charge in [-0.3, -0.25) is 9.89 Å². The number of aromatic nitrogens is 4. The smallest absolute Gasteiger partial charge is 0.225 e. The highest BCUT2D eigenvalue weighted by Crippen LogP contribution is 2.41. The summed E-state index contributed by atoms with van der Waals surface area (Å²) in [5.41, 5.74) is 9.61. The Hall–Kier alpha value is -3.89. The number of thiophene rings is 1. The standard InChI is InChI=1S/C22H23N9O2S/c1-31(2)22(32)12-3-4-14-18(8-12)34-21-19(14)20(24-11-25-21)28-16-7-13-10-27-29-15(13)9-17(16)33-6-5-26-30-23/h7,9-12H,3-6,8H2,1-2H3,(H2,23,26)/p+1/t12-/m0/s1. The van der Waals surface area contributed by atoms with E-state index < -0.39 is 0 Å². The molecular weight excluding hydrogens is 454 g/mol. The van der Waals surface area contributed by atoms with Crippen LogP contribution < -0.4 is 15.0 Å². The lowest BCUT2D eigenvalue weighted by molar-refractivity contribution is -0.133. The van der Waals surface area contributed by atoms with Gasteiger partial charge in [-0.25, -0.2) is 9.97 Å². The maximum atomic E-state index is 12.5. The highest BCUT2D eigenvalue weighted by Gasteiger charge is 2.30. The Morgan fingerprint density at radius 1 is 1.41 bits per heavy atom. The molecule has 0 fully saturated rings. The minimum atomic E-state index is 0.00398. The van der Waals surface area contributed by atoms with E-state index in [0.717, 1.165) is 46.1 Å². The highest BCUT2D eigenvalue weighted by atomic mass is 32.1. The third-order valence-corrected chi connectivity index (χ3v) is 7.11. The van der Waals surface area contributed by atoms with Gasteiger partial charge in [-0.05, 0) is 30.9 Å². The van der Waals surface area contributed by atoms with Gasteiger partial charge in [-0.2, -0.15) is 5.10 Å². The quantitative estimate of drug-likeness (QED) is 0.211. The Morgan fingerprint density at radius 2 is 2.29 bits per heavy atom. The van der Waals surface area contributed by atoms with E-state index in [0.29, 0.717) is 11.6 Å². The minimum absolute atomic E-state index is 0.00398. The number of H-pyrrole nitrogens is 1. The lowest BCUT2D eigenvalue weighted by Gasteiger charge is -2.24. The maximum absolute atomic E-state index is 12.5. The van der Waals surface area contributed by atoms with Crippen molar-refractivity contribution in [3.63, 3.8) is 0 Å². The predicted octanol–water partition coefficient (Wildman–Crippen LogP) is 3.43. The SMILES string of the molecule is CN(C)C(=O)[C@H]1CCc2c(sc3ncnc(Nc4cc5cn[nH]c5cc4OCCN=[N+]=N)c23)C1. The van der Waals surface area contributed by atoms with Gasteiger partial charge in [0.2, 0.25) is 10.8 Å². The van der Waals surface area contributed by atoms with Gasteiger partial charge in [0.25, 0.3) is 0 Å². The summed E-state index contributed by atoms with van der Waals surface area (Å²) in [6, 6.07) is 3.83. The number of benzene rings is 1. The van der Waals surface area contributed by atoms with Gasteiger partial charge in [0.1, 0.15) is 40.0 Å². The van der Waals surface area contributed by atoms with Crippen molar-refractivity contribution in [2.24, 2.45) is 11.0 Å². The number of aromatic amines is 1. The van der Waals surface area contributed by atoms with Crippen molar-refractivity contribution in [1.29, 1.82) is 5.53 Å². The second-order valence-electron chi connectivity index (χ2n) is 8.32. The van der Waals surface area contributed by atoms with Crippen molar-refractivity contribution in [1.82, 2.24) is 30.0 Å². The third-order valence-electron chi connectivity index (χ3n) is 5.95.